The summed E-state index contributed by atoms with van der Waals surface area (Å²) >= 11 is 8.62. The van der Waals surface area contributed by atoms with E-state index in [1.165, 1.54) is 12.1 Å². The van der Waals surface area contributed by atoms with E-state index in [4.69, 9.17) is 15.2 Å². The van der Waals surface area contributed by atoms with Gasteiger partial charge in [0.25, 0.3) is 0 Å². The first-order chi connectivity index (χ1) is 9.42. The van der Waals surface area contributed by atoms with Crippen LogP contribution in [0.25, 0.3) is 0 Å². The Balaban J connectivity index is 2.40. The van der Waals surface area contributed by atoms with E-state index in [1.807, 2.05) is 22.6 Å². The molecule has 20 heavy (non-hydrogen) atoms. The second-order valence-electron chi connectivity index (χ2n) is 3.82. The van der Waals surface area contributed by atoms with Gasteiger partial charge in [0, 0.05) is 6.07 Å². The third-order valence-corrected chi connectivity index (χ3v) is 4.55. The van der Waals surface area contributed by atoms with Crippen molar-refractivity contribution < 1.29 is 13.9 Å². The summed E-state index contributed by atoms with van der Waals surface area (Å²) in [6, 6.07) is 6.26. The molecule has 0 bridgehead atoms. The third kappa shape index (κ3) is 3.37. The molecule has 106 valence electrons. The lowest BCUT2D eigenvalue weighted by atomic mass is 10.3. The number of nitrogen functional groups attached to an aromatic ring is 1. The molecule has 2 N–H and O–H groups in total. The van der Waals surface area contributed by atoms with Crippen LogP contribution in [0.5, 0.6) is 17.2 Å². The molecule has 3 nitrogen and oxygen atoms in total. The quantitative estimate of drug-likeness (QED) is 0.442. The van der Waals surface area contributed by atoms with Gasteiger partial charge < -0.3 is 15.2 Å². The summed E-state index contributed by atoms with van der Waals surface area (Å²) in [5.74, 6) is 1.05. The predicted octanol–water partition coefficient (Wildman–Crippen LogP) is 5.34. The van der Waals surface area contributed by atoms with Crippen LogP contribution in [0, 0.1) is 9.39 Å². The molecule has 7 heteroatoms. The van der Waals surface area contributed by atoms with Crippen LogP contribution < -0.4 is 15.2 Å². The Hall–Kier alpha value is -0.540. The molecule has 0 aliphatic rings. The Bertz CT molecular complexity index is 667. The van der Waals surface area contributed by atoms with Crippen LogP contribution >= 0.6 is 54.5 Å². The van der Waals surface area contributed by atoms with E-state index in [0.717, 1.165) is 4.47 Å². The van der Waals surface area contributed by atoms with Gasteiger partial charge in [-0.2, -0.15) is 0 Å². The monoisotopic (exact) mass is 515 g/mol. The number of anilines is 1. The van der Waals surface area contributed by atoms with Crippen LogP contribution in [0.4, 0.5) is 10.1 Å². The van der Waals surface area contributed by atoms with E-state index >= 15 is 0 Å². The van der Waals surface area contributed by atoms with Gasteiger partial charge in [-0.25, -0.2) is 4.39 Å². The van der Waals surface area contributed by atoms with Crippen LogP contribution in [0.15, 0.2) is 33.2 Å². The van der Waals surface area contributed by atoms with Gasteiger partial charge in [0.2, 0.25) is 0 Å². The van der Waals surface area contributed by atoms with Crippen LogP contribution in [-0.2, 0) is 0 Å². The van der Waals surface area contributed by atoms with Crippen molar-refractivity contribution in [3.8, 4) is 17.2 Å². The van der Waals surface area contributed by atoms with Crippen molar-refractivity contribution in [3.05, 3.63) is 42.6 Å². The van der Waals surface area contributed by atoms with E-state index in [2.05, 4.69) is 31.9 Å². The summed E-state index contributed by atoms with van der Waals surface area (Å²) in [7, 11) is 1.57. The Morgan fingerprint density at radius 2 is 1.65 bits per heavy atom. The van der Waals surface area contributed by atoms with Gasteiger partial charge >= 0.3 is 0 Å². The molecule has 0 amide bonds. The third-order valence-electron chi connectivity index (χ3n) is 2.48. The van der Waals surface area contributed by atoms with Gasteiger partial charge in [0.1, 0.15) is 17.3 Å². The average molecular weight is 517 g/mol. The highest BCUT2D eigenvalue weighted by molar-refractivity contribution is 14.1. The zero-order chi connectivity index (χ0) is 14.9. The number of methoxy groups -OCH3 is 1. The number of ether oxygens (including phenoxy) is 2. The second kappa shape index (κ2) is 6.48. The molecule has 0 unspecified atom stereocenters. The van der Waals surface area contributed by atoms with E-state index < -0.39 is 0 Å². The summed E-state index contributed by atoms with van der Waals surface area (Å²) in [6.45, 7) is 0. The first-order valence-electron chi connectivity index (χ1n) is 5.37. The summed E-state index contributed by atoms with van der Waals surface area (Å²) in [6.07, 6.45) is 0. The number of hydrogen-bond acceptors (Lipinski definition) is 3. The van der Waals surface area contributed by atoms with Crippen molar-refractivity contribution in [2.45, 2.75) is 0 Å². The molecule has 0 aliphatic carbocycles. The maximum Gasteiger partial charge on any atom is 0.153 e. The molecule has 2 aromatic rings. The number of benzene rings is 2. The summed E-state index contributed by atoms with van der Waals surface area (Å²) in [4.78, 5) is 0. The first-order valence-corrected chi connectivity index (χ1v) is 8.04. The fraction of sp³-hybridized carbons (Fsp3) is 0.0769. The van der Waals surface area contributed by atoms with Crippen molar-refractivity contribution in [1.29, 1.82) is 0 Å². The van der Waals surface area contributed by atoms with Crippen molar-refractivity contribution in [2.75, 3.05) is 12.8 Å². The molecule has 0 spiro atoms. The van der Waals surface area contributed by atoms with Crippen molar-refractivity contribution >= 4 is 60.1 Å². The topological polar surface area (TPSA) is 44.5 Å². The molecular weight excluding hydrogens is 508 g/mol. The van der Waals surface area contributed by atoms with Crippen molar-refractivity contribution in [1.82, 2.24) is 0 Å². The predicted molar refractivity (Wildman–Crippen MR) is 92.0 cm³/mol. The lowest BCUT2D eigenvalue weighted by Gasteiger charge is -2.13. The van der Waals surface area contributed by atoms with Crippen LogP contribution in [0.1, 0.15) is 0 Å². The molecule has 0 fully saturated rings. The first kappa shape index (κ1) is 15.8. The number of nitrogens with two attached hydrogens (primary N) is 1. The molecule has 0 radical (unpaired) electrons. The van der Waals surface area contributed by atoms with Gasteiger partial charge in [-0.15, -0.1) is 0 Å². The molecular formula is C13H9Br2FINO2. The highest BCUT2D eigenvalue weighted by atomic mass is 127. The molecule has 2 rings (SSSR count). The maximum atomic E-state index is 13.6. The lowest BCUT2D eigenvalue weighted by molar-refractivity contribution is 0.409. The summed E-state index contributed by atoms with van der Waals surface area (Å²) < 4.78 is 26.3. The fourth-order valence-corrected chi connectivity index (χ4v) is 2.87. The maximum absolute atomic E-state index is 13.6. The summed E-state index contributed by atoms with van der Waals surface area (Å²) in [5, 5.41) is 0. The van der Waals surface area contributed by atoms with Gasteiger partial charge in [-0.1, -0.05) is 0 Å². The molecule has 0 saturated carbocycles. The van der Waals surface area contributed by atoms with Gasteiger partial charge in [0.05, 0.1) is 25.3 Å². The number of halogens is 4. The lowest BCUT2D eigenvalue weighted by Crippen LogP contribution is -1.96. The van der Waals surface area contributed by atoms with Crippen LogP contribution in [0.3, 0.4) is 0 Å². The minimum atomic E-state index is -0.376. The Kier molecular flexibility index (Phi) is 5.14. The molecule has 2 aromatic carbocycles. The molecule has 0 saturated heterocycles. The second-order valence-corrected chi connectivity index (χ2v) is 6.69. The van der Waals surface area contributed by atoms with Gasteiger partial charge in [-0.3, -0.25) is 0 Å². The van der Waals surface area contributed by atoms with E-state index in [1.54, 1.807) is 19.2 Å². The normalized spacial score (nSPS) is 10.4. The number of rotatable bonds is 3. The van der Waals surface area contributed by atoms with Gasteiger partial charge in [0.15, 0.2) is 5.75 Å². The SMILES string of the molecule is COc1cc(Br)c(Oc2cc(F)c(I)cc2N)cc1Br. The number of hydrogen-bond donors (Lipinski definition) is 1. The zero-order valence-electron chi connectivity index (χ0n) is 10.2. The largest absolute Gasteiger partial charge is 0.496 e. The fourth-order valence-electron chi connectivity index (χ4n) is 1.50. The minimum Gasteiger partial charge on any atom is -0.496 e. The van der Waals surface area contributed by atoms with E-state index in [9.17, 15) is 4.39 Å². The Morgan fingerprint density at radius 3 is 2.30 bits per heavy atom. The summed E-state index contributed by atoms with van der Waals surface area (Å²) in [5.41, 5.74) is 6.20. The molecule has 0 heterocycles. The average Bonchev–Trinajstić information content (AvgIpc) is 2.39. The minimum absolute atomic E-state index is 0.265. The van der Waals surface area contributed by atoms with Crippen molar-refractivity contribution in [3.63, 3.8) is 0 Å². The molecule has 0 atom stereocenters. The highest BCUT2D eigenvalue weighted by Gasteiger charge is 2.12. The van der Waals surface area contributed by atoms with Crippen molar-refractivity contribution in [2.24, 2.45) is 0 Å². The van der Waals surface area contributed by atoms with E-state index in [0.29, 0.717) is 25.2 Å². The van der Waals surface area contributed by atoms with E-state index in [-0.39, 0.29) is 11.6 Å². The molecule has 0 aliphatic heterocycles. The van der Waals surface area contributed by atoms with Crippen LogP contribution in [-0.4, -0.2) is 7.11 Å². The Morgan fingerprint density at radius 1 is 1.05 bits per heavy atom. The Labute approximate surface area is 146 Å². The van der Waals surface area contributed by atoms with Gasteiger partial charge in [-0.05, 0) is 72.6 Å². The molecule has 0 aromatic heterocycles. The standard InChI is InChI=1S/C13H9Br2FINO2/c1-19-11-2-7(15)12(3-6(11)14)20-13-4-8(16)9(17)5-10(13)18/h2-5H,18H2,1H3. The highest BCUT2D eigenvalue weighted by Crippen LogP contribution is 2.39. The van der Waals surface area contributed by atoms with Crippen LogP contribution in [0.2, 0.25) is 0 Å². The smallest absolute Gasteiger partial charge is 0.153 e. The zero-order valence-corrected chi connectivity index (χ0v) is 15.5.